The van der Waals surface area contributed by atoms with Gasteiger partial charge in [0.2, 0.25) is 0 Å². The van der Waals surface area contributed by atoms with E-state index in [9.17, 15) is 4.79 Å². The molecule has 0 amide bonds. The molecule has 0 spiro atoms. The third kappa shape index (κ3) is 2.52. The number of ether oxygens (including phenoxy) is 1. The lowest BCUT2D eigenvalue weighted by molar-refractivity contribution is -0.160. The monoisotopic (exact) mass is 155 g/mol. The van der Waals surface area contributed by atoms with Gasteiger partial charge in [-0.15, -0.1) is 0 Å². The lowest BCUT2D eigenvalue weighted by atomic mass is 9.85. The van der Waals surface area contributed by atoms with Crippen LogP contribution in [0.3, 0.4) is 0 Å². The second-order valence-electron chi connectivity index (χ2n) is 3.95. The highest BCUT2D eigenvalue weighted by Gasteiger charge is 2.29. The van der Waals surface area contributed by atoms with E-state index in [-0.39, 0.29) is 17.5 Å². The summed E-state index contributed by atoms with van der Waals surface area (Å²) in [6, 6.07) is 0. The Bertz CT molecular complexity index is 151. The molecule has 1 radical (unpaired) electrons. The average Bonchev–Trinajstić information content (AvgIpc) is 1.50. The summed E-state index contributed by atoms with van der Waals surface area (Å²) in [5.41, 5.74) is -0.333. The van der Waals surface area contributed by atoms with Crippen LogP contribution in [0.4, 0.5) is 0 Å². The van der Waals surface area contributed by atoms with Crippen LogP contribution in [-0.4, -0.2) is 11.6 Å². The highest BCUT2D eigenvalue weighted by Crippen LogP contribution is 2.27. The Hall–Kier alpha value is -0.530. The first-order valence-electron chi connectivity index (χ1n) is 4.05. The second kappa shape index (κ2) is 2.84. The Morgan fingerprint density at radius 1 is 1.55 bits per heavy atom. The van der Waals surface area contributed by atoms with Crippen molar-refractivity contribution in [3.8, 4) is 0 Å². The molecule has 63 valence electrons. The summed E-state index contributed by atoms with van der Waals surface area (Å²) in [6.45, 7) is 5.68. The number of esters is 1. The van der Waals surface area contributed by atoms with Gasteiger partial charge in [-0.1, -0.05) is 0 Å². The Morgan fingerprint density at radius 3 is 2.36 bits per heavy atom. The predicted octanol–water partition coefficient (Wildman–Crippen LogP) is 1.94. The van der Waals surface area contributed by atoms with Crippen molar-refractivity contribution in [1.82, 2.24) is 0 Å². The first-order chi connectivity index (χ1) is 4.99. The van der Waals surface area contributed by atoms with Gasteiger partial charge in [0.25, 0.3) is 0 Å². The van der Waals surface area contributed by atoms with E-state index < -0.39 is 0 Å². The van der Waals surface area contributed by atoms with Crippen LogP contribution in [0, 0.1) is 12.3 Å². The van der Waals surface area contributed by atoms with Crippen molar-refractivity contribution in [1.29, 1.82) is 0 Å². The second-order valence-corrected chi connectivity index (χ2v) is 3.95. The van der Waals surface area contributed by atoms with Gasteiger partial charge in [-0.2, -0.15) is 0 Å². The van der Waals surface area contributed by atoms with Gasteiger partial charge >= 0.3 is 5.97 Å². The molecule has 0 bridgehead atoms. The van der Waals surface area contributed by atoms with Crippen LogP contribution in [0.5, 0.6) is 0 Å². The Balaban J connectivity index is 2.31. The summed E-state index contributed by atoms with van der Waals surface area (Å²) in [7, 11) is 0. The van der Waals surface area contributed by atoms with Gasteiger partial charge in [-0.25, -0.2) is 0 Å². The van der Waals surface area contributed by atoms with Crippen LogP contribution in [0.1, 0.15) is 33.6 Å². The zero-order valence-corrected chi connectivity index (χ0v) is 7.39. The molecule has 1 fully saturated rings. The molecular formula is C9H15O2. The summed E-state index contributed by atoms with van der Waals surface area (Å²) < 4.78 is 5.17. The molecule has 1 aliphatic rings. The van der Waals surface area contributed by atoms with E-state index in [2.05, 4.69) is 0 Å². The Labute approximate surface area is 67.9 Å². The lowest BCUT2D eigenvalue weighted by Crippen LogP contribution is -2.32. The quantitative estimate of drug-likeness (QED) is 0.541. The number of rotatable bonds is 1. The molecule has 2 heteroatoms. The first kappa shape index (κ1) is 8.57. The van der Waals surface area contributed by atoms with Crippen molar-refractivity contribution in [2.45, 2.75) is 39.2 Å². The molecule has 1 saturated carbocycles. The van der Waals surface area contributed by atoms with Crippen LogP contribution < -0.4 is 0 Å². The van der Waals surface area contributed by atoms with E-state index in [1.807, 2.05) is 27.2 Å². The standard InChI is InChI=1S/C9H15O2/c1-9(2,3)11-8(10)7-5-4-6-7/h5,7H,4,6H2,1-3H3/t7-/m0/s1. The number of carbonyl (C=O) groups is 1. The Morgan fingerprint density at radius 2 is 2.09 bits per heavy atom. The van der Waals surface area contributed by atoms with Crippen molar-refractivity contribution in [2.24, 2.45) is 5.92 Å². The third-order valence-corrected chi connectivity index (χ3v) is 1.64. The maximum absolute atomic E-state index is 11.2. The van der Waals surface area contributed by atoms with Crippen molar-refractivity contribution >= 4 is 5.97 Å². The molecular weight excluding hydrogens is 140 g/mol. The van der Waals surface area contributed by atoms with Gasteiger partial charge in [-0.3, -0.25) is 4.79 Å². The summed E-state index contributed by atoms with van der Waals surface area (Å²) >= 11 is 0. The van der Waals surface area contributed by atoms with Gasteiger partial charge in [0.1, 0.15) is 5.60 Å². The number of hydrogen-bond donors (Lipinski definition) is 0. The van der Waals surface area contributed by atoms with E-state index in [0.717, 1.165) is 12.8 Å². The van der Waals surface area contributed by atoms with E-state index in [1.165, 1.54) is 0 Å². The minimum atomic E-state index is -0.333. The zero-order chi connectivity index (χ0) is 8.48. The summed E-state index contributed by atoms with van der Waals surface area (Å²) in [5, 5.41) is 0. The fourth-order valence-corrected chi connectivity index (χ4v) is 0.925. The third-order valence-electron chi connectivity index (χ3n) is 1.64. The normalized spacial score (nSPS) is 19.2. The van der Waals surface area contributed by atoms with Crippen LogP contribution in [-0.2, 0) is 9.53 Å². The SMILES string of the molecule is CC(C)(C)OC(=O)[C@H]1[CH]CC1. The number of hydrogen-bond acceptors (Lipinski definition) is 2. The first-order valence-corrected chi connectivity index (χ1v) is 4.05. The molecule has 11 heavy (non-hydrogen) atoms. The van der Waals surface area contributed by atoms with Crippen LogP contribution in [0.2, 0.25) is 0 Å². The molecule has 0 unspecified atom stereocenters. The molecule has 1 rings (SSSR count). The molecule has 0 saturated heterocycles. The topological polar surface area (TPSA) is 26.3 Å². The molecule has 0 aromatic carbocycles. The molecule has 1 atom stereocenters. The van der Waals surface area contributed by atoms with E-state index in [0.29, 0.717) is 0 Å². The van der Waals surface area contributed by atoms with Crippen molar-refractivity contribution < 1.29 is 9.53 Å². The van der Waals surface area contributed by atoms with Gasteiger partial charge in [-0.05, 0) is 40.0 Å². The minimum absolute atomic E-state index is 0.0660. The average molecular weight is 155 g/mol. The van der Waals surface area contributed by atoms with Gasteiger partial charge in [0, 0.05) is 0 Å². The largest absolute Gasteiger partial charge is 0.460 e. The predicted molar refractivity (Wildman–Crippen MR) is 42.9 cm³/mol. The fraction of sp³-hybridized carbons (Fsp3) is 0.778. The van der Waals surface area contributed by atoms with E-state index in [1.54, 1.807) is 0 Å². The smallest absolute Gasteiger partial charge is 0.309 e. The summed E-state index contributed by atoms with van der Waals surface area (Å²) in [5.74, 6) is 0.0120. The summed E-state index contributed by atoms with van der Waals surface area (Å²) in [6.07, 6.45) is 4.03. The summed E-state index contributed by atoms with van der Waals surface area (Å²) in [4.78, 5) is 11.2. The van der Waals surface area contributed by atoms with Crippen molar-refractivity contribution in [3.05, 3.63) is 6.42 Å². The highest BCUT2D eigenvalue weighted by atomic mass is 16.6. The van der Waals surface area contributed by atoms with Gasteiger partial charge in [0.05, 0.1) is 5.92 Å². The van der Waals surface area contributed by atoms with E-state index >= 15 is 0 Å². The molecule has 0 aliphatic heterocycles. The zero-order valence-electron chi connectivity index (χ0n) is 7.39. The molecule has 1 aliphatic carbocycles. The van der Waals surface area contributed by atoms with Gasteiger partial charge in [0.15, 0.2) is 0 Å². The maximum atomic E-state index is 11.2. The lowest BCUT2D eigenvalue weighted by Gasteiger charge is -2.27. The van der Waals surface area contributed by atoms with Gasteiger partial charge < -0.3 is 4.74 Å². The van der Waals surface area contributed by atoms with Crippen LogP contribution >= 0.6 is 0 Å². The van der Waals surface area contributed by atoms with E-state index in [4.69, 9.17) is 4.74 Å². The van der Waals surface area contributed by atoms with Crippen LogP contribution in [0.15, 0.2) is 0 Å². The molecule has 2 nitrogen and oxygen atoms in total. The number of carbonyl (C=O) groups excluding carboxylic acids is 1. The fourth-order valence-electron chi connectivity index (χ4n) is 0.925. The molecule has 0 aromatic heterocycles. The highest BCUT2D eigenvalue weighted by molar-refractivity contribution is 5.75. The molecule has 0 N–H and O–H groups in total. The van der Waals surface area contributed by atoms with Crippen molar-refractivity contribution in [2.75, 3.05) is 0 Å². The molecule has 0 heterocycles. The Kier molecular flexibility index (Phi) is 2.21. The van der Waals surface area contributed by atoms with Crippen molar-refractivity contribution in [3.63, 3.8) is 0 Å². The maximum Gasteiger partial charge on any atom is 0.309 e. The molecule has 0 aromatic rings. The van der Waals surface area contributed by atoms with Crippen LogP contribution in [0.25, 0.3) is 0 Å². The minimum Gasteiger partial charge on any atom is -0.460 e.